The molecule has 4 aliphatic rings. The van der Waals surface area contributed by atoms with Crippen LogP contribution in [0, 0.1) is 11.8 Å². The summed E-state index contributed by atoms with van der Waals surface area (Å²) in [6.07, 6.45) is 8.43. The first-order chi connectivity index (χ1) is 11.6. The van der Waals surface area contributed by atoms with Gasteiger partial charge in [-0.15, -0.1) is 23.5 Å². The number of esters is 1. The highest BCUT2D eigenvalue weighted by molar-refractivity contribution is 8.16. The van der Waals surface area contributed by atoms with Crippen molar-refractivity contribution in [1.82, 2.24) is 0 Å². The lowest BCUT2D eigenvalue weighted by Gasteiger charge is -2.60. The van der Waals surface area contributed by atoms with E-state index in [0.29, 0.717) is 4.75 Å². The van der Waals surface area contributed by atoms with Gasteiger partial charge in [-0.2, -0.15) is 0 Å². The molecule has 2 unspecified atom stereocenters. The summed E-state index contributed by atoms with van der Waals surface area (Å²) in [6.45, 7) is 3.58. The fourth-order valence-corrected chi connectivity index (χ4v) is 8.58. The van der Waals surface area contributed by atoms with Crippen LogP contribution in [0.2, 0.25) is 0 Å². The van der Waals surface area contributed by atoms with E-state index in [0.717, 1.165) is 36.2 Å². The fraction of sp³-hybridized carbons (Fsp3) is 0.550. The summed E-state index contributed by atoms with van der Waals surface area (Å²) >= 11 is 4.03. The Bertz CT molecular complexity index is 614. The summed E-state index contributed by atoms with van der Waals surface area (Å²) in [5, 5.41) is 1.08. The Kier molecular flexibility index (Phi) is 4.46. The van der Waals surface area contributed by atoms with E-state index in [2.05, 4.69) is 48.7 Å². The second-order valence-electron chi connectivity index (χ2n) is 7.67. The molecule has 4 heteroatoms. The van der Waals surface area contributed by atoms with E-state index >= 15 is 0 Å². The molecule has 0 N–H and O–H groups in total. The number of hydrogen-bond acceptors (Lipinski definition) is 4. The van der Waals surface area contributed by atoms with Crippen LogP contribution in [0.5, 0.6) is 0 Å². The molecule has 4 aliphatic carbocycles. The lowest BCUT2D eigenvalue weighted by Crippen LogP contribution is -2.59. The van der Waals surface area contributed by atoms with Crippen LogP contribution in [0.3, 0.4) is 0 Å². The molecule has 0 heterocycles. The second-order valence-corrected chi connectivity index (χ2v) is 10.5. The minimum absolute atomic E-state index is 0.209. The summed E-state index contributed by atoms with van der Waals surface area (Å²) in [7, 11) is 0. The fourth-order valence-electron chi connectivity index (χ4n) is 5.38. The Morgan fingerprint density at radius 1 is 1.21 bits per heavy atom. The van der Waals surface area contributed by atoms with E-state index in [1.807, 2.05) is 11.8 Å². The number of thioether (sulfide) groups is 2. The maximum atomic E-state index is 11.8. The predicted octanol–water partition coefficient (Wildman–Crippen LogP) is 5.29. The molecular formula is C20H24O2S2. The Morgan fingerprint density at radius 3 is 2.58 bits per heavy atom. The van der Waals surface area contributed by atoms with Crippen molar-refractivity contribution in [2.24, 2.45) is 11.8 Å². The Balaban J connectivity index is 1.44. The van der Waals surface area contributed by atoms with Gasteiger partial charge in [-0.1, -0.05) is 24.8 Å². The molecule has 0 aliphatic heterocycles. The first kappa shape index (κ1) is 16.6. The molecule has 1 aromatic rings. The summed E-state index contributed by atoms with van der Waals surface area (Å²) < 4.78 is 6.23. The highest BCUT2D eigenvalue weighted by atomic mass is 32.2. The van der Waals surface area contributed by atoms with Crippen LogP contribution >= 0.6 is 23.5 Å². The molecule has 0 saturated heterocycles. The highest BCUT2D eigenvalue weighted by Gasteiger charge is 2.59. The van der Waals surface area contributed by atoms with Crippen molar-refractivity contribution in [1.29, 1.82) is 0 Å². The lowest BCUT2D eigenvalue weighted by atomic mass is 9.53. The molecule has 0 amide bonds. The summed E-state index contributed by atoms with van der Waals surface area (Å²) in [5.74, 6) is 1.23. The van der Waals surface area contributed by atoms with E-state index in [1.54, 1.807) is 0 Å². The zero-order chi connectivity index (χ0) is 16.6. The van der Waals surface area contributed by atoms with Crippen molar-refractivity contribution in [2.75, 3.05) is 5.08 Å². The minimum Gasteiger partial charge on any atom is -0.456 e. The van der Waals surface area contributed by atoms with Crippen LogP contribution in [0.4, 0.5) is 0 Å². The zero-order valence-corrected chi connectivity index (χ0v) is 15.5. The zero-order valence-electron chi connectivity index (χ0n) is 13.9. The second kappa shape index (κ2) is 6.45. The van der Waals surface area contributed by atoms with Gasteiger partial charge < -0.3 is 4.74 Å². The first-order valence-corrected chi connectivity index (χ1v) is 10.7. The molecule has 2 nitrogen and oxygen atoms in total. The maximum Gasteiger partial charge on any atom is 0.330 e. The van der Waals surface area contributed by atoms with Crippen molar-refractivity contribution in [3.63, 3.8) is 0 Å². The number of rotatable bonds is 6. The van der Waals surface area contributed by atoms with Crippen LogP contribution in [-0.2, 0) is 9.53 Å². The van der Waals surface area contributed by atoms with Crippen molar-refractivity contribution in [3.05, 3.63) is 43.0 Å². The van der Waals surface area contributed by atoms with E-state index in [9.17, 15) is 4.79 Å². The van der Waals surface area contributed by atoms with Crippen molar-refractivity contribution in [3.8, 4) is 0 Å². The third-order valence-corrected chi connectivity index (χ3v) is 8.41. The van der Waals surface area contributed by atoms with Gasteiger partial charge in [-0.05, 0) is 56.1 Å². The maximum absolute atomic E-state index is 11.8. The van der Waals surface area contributed by atoms with Gasteiger partial charge in [0.25, 0.3) is 0 Å². The van der Waals surface area contributed by atoms with E-state index in [-0.39, 0.29) is 11.6 Å². The molecular weight excluding hydrogens is 336 g/mol. The van der Waals surface area contributed by atoms with Crippen molar-refractivity contribution in [2.45, 2.75) is 53.8 Å². The number of carbonyl (C=O) groups excluding carboxylic acids is 1. The van der Waals surface area contributed by atoms with Crippen LogP contribution in [-0.4, -0.2) is 21.4 Å². The van der Waals surface area contributed by atoms with Crippen LogP contribution < -0.4 is 0 Å². The molecule has 2 atom stereocenters. The standard InChI is InChI=1S/C20H24O2S2/c1-2-18(21)22-19-9-15-8-16(10-19)12-20(11-15,13-19)24-14-23-17-6-4-3-5-7-17/h2-7,15-16H,1,8-14H2. The van der Waals surface area contributed by atoms with E-state index < -0.39 is 0 Å². The third kappa shape index (κ3) is 3.28. The van der Waals surface area contributed by atoms with Gasteiger partial charge in [-0.3, -0.25) is 0 Å². The number of benzene rings is 1. The minimum atomic E-state index is -0.240. The molecule has 0 radical (unpaired) electrons. The van der Waals surface area contributed by atoms with Crippen LogP contribution in [0.25, 0.3) is 0 Å². The van der Waals surface area contributed by atoms with Crippen LogP contribution in [0.15, 0.2) is 47.9 Å². The van der Waals surface area contributed by atoms with Gasteiger partial charge in [0.1, 0.15) is 5.60 Å². The molecule has 4 bridgehead atoms. The quantitative estimate of drug-likeness (QED) is 0.298. The van der Waals surface area contributed by atoms with Gasteiger partial charge in [0.2, 0.25) is 0 Å². The SMILES string of the molecule is C=CC(=O)OC12CC3CC(C1)CC(SCSc1ccccc1)(C3)C2. The normalized spacial score (nSPS) is 36.5. The number of ether oxygens (including phenoxy) is 1. The van der Waals surface area contributed by atoms with Crippen molar-refractivity contribution < 1.29 is 9.53 Å². The average Bonchev–Trinajstić information content (AvgIpc) is 2.54. The van der Waals surface area contributed by atoms with E-state index in [1.165, 1.54) is 30.2 Å². The smallest absolute Gasteiger partial charge is 0.330 e. The number of carbonyl (C=O) groups is 1. The topological polar surface area (TPSA) is 26.3 Å². The van der Waals surface area contributed by atoms with Crippen LogP contribution in [0.1, 0.15) is 38.5 Å². The lowest BCUT2D eigenvalue weighted by molar-refractivity contribution is -0.177. The predicted molar refractivity (Wildman–Crippen MR) is 101 cm³/mol. The third-order valence-electron chi connectivity index (χ3n) is 5.77. The summed E-state index contributed by atoms with van der Waals surface area (Å²) in [4.78, 5) is 13.2. The molecule has 4 fully saturated rings. The summed E-state index contributed by atoms with van der Waals surface area (Å²) in [5.41, 5.74) is -0.209. The van der Waals surface area contributed by atoms with E-state index in [4.69, 9.17) is 4.74 Å². The first-order valence-electron chi connectivity index (χ1n) is 8.78. The largest absolute Gasteiger partial charge is 0.456 e. The van der Waals surface area contributed by atoms with Gasteiger partial charge >= 0.3 is 5.97 Å². The molecule has 128 valence electrons. The van der Waals surface area contributed by atoms with Gasteiger partial charge in [0, 0.05) is 27.2 Å². The van der Waals surface area contributed by atoms with Gasteiger partial charge in [0.15, 0.2) is 0 Å². The van der Waals surface area contributed by atoms with Gasteiger partial charge in [-0.25, -0.2) is 4.79 Å². The molecule has 4 saturated carbocycles. The average molecular weight is 361 g/mol. The molecule has 0 spiro atoms. The molecule has 24 heavy (non-hydrogen) atoms. The Hall–Kier alpha value is -0.870. The molecule has 0 aromatic heterocycles. The Morgan fingerprint density at radius 2 is 1.92 bits per heavy atom. The molecule has 1 aromatic carbocycles. The van der Waals surface area contributed by atoms with Gasteiger partial charge in [0.05, 0.1) is 0 Å². The highest BCUT2D eigenvalue weighted by Crippen LogP contribution is 2.63. The Labute approximate surface area is 152 Å². The molecule has 5 rings (SSSR count). The number of hydrogen-bond donors (Lipinski definition) is 0. The summed E-state index contributed by atoms with van der Waals surface area (Å²) in [6, 6.07) is 10.6. The van der Waals surface area contributed by atoms with Crippen molar-refractivity contribution >= 4 is 29.5 Å². The monoisotopic (exact) mass is 360 g/mol.